The van der Waals surface area contributed by atoms with Crippen LogP contribution in [0.3, 0.4) is 0 Å². The van der Waals surface area contributed by atoms with E-state index in [1.165, 1.54) is 24.3 Å². The third-order valence-electron chi connectivity index (χ3n) is 9.63. The van der Waals surface area contributed by atoms with E-state index in [2.05, 4.69) is 30.8 Å². The van der Waals surface area contributed by atoms with Gasteiger partial charge in [0.2, 0.25) is 11.9 Å². The lowest BCUT2D eigenvalue weighted by Gasteiger charge is -2.27. The SMILES string of the molecule is CCn1nc(C)cc1C(=O)Nc1nc2cc(O)cc3c2n1C(C/C=C\CC1COc2cc(C(=O)O)cc4nc(NC(=O)c5cc(C)nn5CC)n1c24)CO3. The minimum Gasteiger partial charge on any atom is -0.508 e. The summed E-state index contributed by atoms with van der Waals surface area (Å²) in [5.41, 5.74) is 4.35. The monoisotopic (exact) mass is 734 g/mol. The van der Waals surface area contributed by atoms with Crippen LogP contribution in [0.4, 0.5) is 11.9 Å². The van der Waals surface area contributed by atoms with E-state index in [0.717, 1.165) is 5.69 Å². The number of benzene rings is 2. The van der Waals surface area contributed by atoms with Crippen molar-refractivity contribution in [1.82, 2.24) is 38.7 Å². The smallest absolute Gasteiger partial charge is 0.335 e. The van der Waals surface area contributed by atoms with Crippen LogP contribution in [-0.2, 0) is 13.1 Å². The van der Waals surface area contributed by atoms with E-state index in [0.29, 0.717) is 82.5 Å². The summed E-state index contributed by atoms with van der Waals surface area (Å²) in [6.07, 6.45) is 5.03. The summed E-state index contributed by atoms with van der Waals surface area (Å²) in [6, 6.07) is 8.89. The van der Waals surface area contributed by atoms with Crippen molar-refractivity contribution in [3.8, 4) is 17.2 Å². The van der Waals surface area contributed by atoms with Crippen LogP contribution in [0.25, 0.3) is 22.1 Å². The minimum absolute atomic E-state index is 0.00351. The number of hydrogen-bond acceptors (Lipinski definition) is 10. The molecular weight excluding hydrogens is 696 g/mol. The first-order chi connectivity index (χ1) is 26.0. The lowest BCUT2D eigenvalue weighted by Crippen LogP contribution is -2.26. The zero-order valence-corrected chi connectivity index (χ0v) is 30.0. The Labute approximate surface area is 307 Å². The van der Waals surface area contributed by atoms with Crippen LogP contribution in [0.5, 0.6) is 17.2 Å². The predicted molar refractivity (Wildman–Crippen MR) is 197 cm³/mol. The molecule has 0 saturated heterocycles. The van der Waals surface area contributed by atoms with Crippen molar-refractivity contribution in [2.45, 2.75) is 65.7 Å². The topological polar surface area (TPSA) is 205 Å². The Hall–Kier alpha value is -6.65. The molecule has 2 aromatic carbocycles. The fourth-order valence-electron chi connectivity index (χ4n) is 7.25. The van der Waals surface area contributed by atoms with E-state index in [1.807, 2.05) is 49.0 Å². The van der Waals surface area contributed by atoms with Gasteiger partial charge in [0.15, 0.2) is 0 Å². The molecule has 0 bridgehead atoms. The summed E-state index contributed by atoms with van der Waals surface area (Å²) in [6.45, 7) is 8.95. The van der Waals surface area contributed by atoms with Gasteiger partial charge in [0, 0.05) is 25.2 Å². The zero-order valence-electron chi connectivity index (χ0n) is 30.0. The van der Waals surface area contributed by atoms with Crippen molar-refractivity contribution >= 4 is 51.7 Å². The van der Waals surface area contributed by atoms with Gasteiger partial charge >= 0.3 is 5.97 Å². The molecule has 0 fully saturated rings. The fraction of sp³-hybridized carbons (Fsp3) is 0.324. The van der Waals surface area contributed by atoms with E-state index in [9.17, 15) is 24.6 Å². The number of imidazole rings is 2. The molecule has 0 radical (unpaired) electrons. The fourth-order valence-corrected chi connectivity index (χ4v) is 7.25. The Balaban J connectivity index is 1.07. The van der Waals surface area contributed by atoms with Crippen LogP contribution in [0.2, 0.25) is 0 Å². The molecule has 0 aliphatic carbocycles. The second-order valence-electron chi connectivity index (χ2n) is 13.3. The summed E-state index contributed by atoms with van der Waals surface area (Å²) >= 11 is 0. The number of phenolic OH excluding ortho intramolecular Hbond substituents is 1. The van der Waals surface area contributed by atoms with Gasteiger partial charge in [-0.1, -0.05) is 12.2 Å². The lowest BCUT2D eigenvalue weighted by molar-refractivity contribution is 0.0696. The maximum absolute atomic E-state index is 13.5. The van der Waals surface area contributed by atoms with Gasteiger partial charge in [-0.3, -0.25) is 38.7 Å². The average molecular weight is 735 g/mol. The largest absolute Gasteiger partial charge is 0.508 e. The van der Waals surface area contributed by atoms with Crippen molar-refractivity contribution in [2.75, 3.05) is 23.8 Å². The van der Waals surface area contributed by atoms with Gasteiger partial charge in [0.05, 0.1) is 40.1 Å². The third-order valence-corrected chi connectivity index (χ3v) is 9.63. The maximum atomic E-state index is 13.5. The summed E-state index contributed by atoms with van der Waals surface area (Å²) in [5.74, 6) is -0.431. The molecule has 4 N–H and O–H groups in total. The number of allylic oxidation sites excluding steroid dienone is 2. The molecule has 2 amide bonds. The number of amides is 2. The van der Waals surface area contributed by atoms with Gasteiger partial charge in [-0.2, -0.15) is 10.2 Å². The predicted octanol–water partition coefficient (Wildman–Crippen LogP) is 5.25. The number of aromatic carboxylic acids is 1. The number of rotatable bonds is 11. The molecule has 0 saturated carbocycles. The molecule has 17 nitrogen and oxygen atoms in total. The Bertz CT molecular complexity index is 2520. The Morgan fingerprint density at radius 2 is 1.24 bits per heavy atom. The van der Waals surface area contributed by atoms with Crippen molar-refractivity contribution in [1.29, 1.82) is 0 Å². The second-order valence-corrected chi connectivity index (χ2v) is 13.3. The highest BCUT2D eigenvalue weighted by atomic mass is 16.5. The third kappa shape index (κ3) is 5.96. The van der Waals surface area contributed by atoms with Gasteiger partial charge < -0.3 is 19.7 Å². The van der Waals surface area contributed by atoms with Gasteiger partial charge in [-0.15, -0.1) is 0 Å². The molecule has 2 atom stereocenters. The normalized spacial score (nSPS) is 16.1. The molecule has 8 rings (SSSR count). The molecule has 4 aromatic heterocycles. The first-order valence-corrected chi connectivity index (χ1v) is 17.7. The van der Waals surface area contributed by atoms with E-state index < -0.39 is 5.97 Å². The number of hydrogen-bond donors (Lipinski definition) is 4. The second kappa shape index (κ2) is 13.4. The number of aryl methyl sites for hydroxylation is 4. The molecule has 2 aliphatic heterocycles. The highest BCUT2D eigenvalue weighted by molar-refractivity contribution is 6.04. The highest BCUT2D eigenvalue weighted by Crippen LogP contribution is 2.41. The summed E-state index contributed by atoms with van der Waals surface area (Å²) in [4.78, 5) is 48.2. The van der Waals surface area contributed by atoms with Crippen LogP contribution < -0.4 is 20.1 Å². The zero-order chi connectivity index (χ0) is 37.8. The maximum Gasteiger partial charge on any atom is 0.335 e. The lowest BCUT2D eigenvalue weighted by atomic mass is 10.1. The van der Waals surface area contributed by atoms with Crippen LogP contribution in [-0.4, -0.2) is 79.9 Å². The first-order valence-electron chi connectivity index (χ1n) is 17.7. The van der Waals surface area contributed by atoms with Crippen molar-refractivity contribution in [2.24, 2.45) is 0 Å². The van der Waals surface area contributed by atoms with Gasteiger partial charge in [-0.05, 0) is 64.8 Å². The molecule has 2 aliphatic rings. The molecule has 17 heteroatoms. The average Bonchev–Trinajstić information content (AvgIpc) is 3.91. The summed E-state index contributed by atoms with van der Waals surface area (Å²) < 4.78 is 19.2. The van der Waals surface area contributed by atoms with Gasteiger partial charge in [0.1, 0.15) is 52.9 Å². The van der Waals surface area contributed by atoms with Crippen molar-refractivity contribution in [3.63, 3.8) is 0 Å². The standard InChI is InChI=1S/C37H38N10O7/c1-5-44-27(11-19(3)42-44)33(49)40-36-38-25-13-21(35(51)52)14-29-31(25)46(36)22(17-53-29)9-7-8-10-23-18-54-30-16-24(48)15-26-32(30)47(23)37(39-26)41-34(50)28-12-20(4)43-45(28)6-2/h7-8,11-16,22-23,48H,5-6,9-10,17-18H2,1-4H3,(H,51,52)(H,38,40,49)(H,39,41,50)/b8-7-. The quantitative estimate of drug-likeness (QED) is 0.127. The van der Waals surface area contributed by atoms with Crippen molar-refractivity contribution in [3.05, 3.63) is 76.9 Å². The molecule has 278 valence electrons. The van der Waals surface area contributed by atoms with Crippen LogP contribution in [0.1, 0.15) is 81.5 Å². The number of aromatic hydroxyl groups is 1. The number of nitrogens with one attached hydrogen (secondary N) is 2. The molecule has 6 heterocycles. The molecule has 2 unspecified atom stereocenters. The number of carbonyl (C=O) groups excluding carboxylic acids is 2. The number of carboxylic acids is 1. The molecule has 54 heavy (non-hydrogen) atoms. The van der Waals surface area contributed by atoms with Crippen LogP contribution in [0.15, 0.2) is 48.6 Å². The van der Waals surface area contributed by atoms with Gasteiger partial charge in [0.25, 0.3) is 11.8 Å². The van der Waals surface area contributed by atoms with Crippen LogP contribution >= 0.6 is 0 Å². The van der Waals surface area contributed by atoms with E-state index in [1.54, 1.807) is 21.5 Å². The molecular formula is C37H38N10O7. The number of carbonyl (C=O) groups is 3. The number of phenols is 1. The number of carboxylic acid groups (broad SMARTS) is 1. The van der Waals surface area contributed by atoms with Crippen molar-refractivity contribution < 1.29 is 34.1 Å². The summed E-state index contributed by atoms with van der Waals surface area (Å²) in [7, 11) is 0. The van der Waals surface area contributed by atoms with E-state index in [4.69, 9.17) is 9.47 Å². The Morgan fingerprint density at radius 3 is 1.72 bits per heavy atom. The van der Waals surface area contributed by atoms with E-state index in [-0.39, 0.29) is 54.4 Å². The number of aromatic nitrogens is 8. The number of anilines is 2. The highest BCUT2D eigenvalue weighted by Gasteiger charge is 2.31. The Morgan fingerprint density at radius 1 is 0.759 bits per heavy atom. The summed E-state index contributed by atoms with van der Waals surface area (Å²) in [5, 5.41) is 34.8. The Kier molecular flexibility index (Phi) is 8.54. The number of ether oxygens (including phenoxy) is 2. The first kappa shape index (κ1) is 34.4. The molecule has 6 aromatic rings. The van der Waals surface area contributed by atoms with Gasteiger partial charge in [-0.25, -0.2) is 14.8 Å². The minimum atomic E-state index is -1.11. The van der Waals surface area contributed by atoms with Crippen LogP contribution in [0, 0.1) is 13.8 Å². The number of nitrogens with zero attached hydrogens (tertiary/aromatic N) is 8. The molecule has 0 spiro atoms. The van der Waals surface area contributed by atoms with E-state index >= 15 is 0 Å².